The van der Waals surface area contributed by atoms with E-state index in [2.05, 4.69) is 10.3 Å². The van der Waals surface area contributed by atoms with Crippen LogP contribution in [0.3, 0.4) is 0 Å². The monoisotopic (exact) mass is 468 g/mol. The minimum absolute atomic E-state index is 0.0487. The fraction of sp³-hybridized carbons (Fsp3) is 0.318. The highest BCUT2D eigenvalue weighted by Crippen LogP contribution is 2.60. The Morgan fingerprint density at radius 3 is 2.22 bits per heavy atom. The van der Waals surface area contributed by atoms with Crippen molar-refractivity contribution in [3.63, 3.8) is 0 Å². The standard InChI is InChI=1S/C22H24F3N2O4P/c1-4-30-32(29,31-5-2)21(26-17-9-7-16(8-10-17)22(23,24)25)18-13-15-12-14(3)6-11-19(15)27-20(18)28/h6-13,21,26H,4-5H2,1-3H3,(H,27,28). The molecule has 1 heterocycles. The van der Waals surface area contributed by atoms with Gasteiger partial charge in [0.1, 0.15) is 0 Å². The van der Waals surface area contributed by atoms with Crippen molar-refractivity contribution in [3.8, 4) is 0 Å². The van der Waals surface area contributed by atoms with Crippen molar-refractivity contribution < 1.29 is 26.8 Å². The predicted octanol–water partition coefficient (Wildman–Crippen LogP) is 6.23. The zero-order valence-electron chi connectivity index (χ0n) is 17.8. The van der Waals surface area contributed by atoms with E-state index in [1.165, 1.54) is 12.1 Å². The Hall–Kier alpha value is -2.61. The van der Waals surface area contributed by atoms with E-state index in [1.807, 2.05) is 19.1 Å². The summed E-state index contributed by atoms with van der Waals surface area (Å²) in [6, 6.07) is 11.3. The van der Waals surface area contributed by atoms with Crippen molar-refractivity contribution in [2.45, 2.75) is 32.7 Å². The molecule has 3 aromatic rings. The molecule has 32 heavy (non-hydrogen) atoms. The molecular formula is C22H24F3N2O4P. The number of alkyl halides is 3. The van der Waals surface area contributed by atoms with Crippen LogP contribution in [0.25, 0.3) is 10.9 Å². The SMILES string of the molecule is CCOP(=O)(OCC)C(Nc1ccc(C(F)(F)F)cc1)c1cc2cc(C)ccc2[nH]c1=O. The molecule has 0 aliphatic heterocycles. The van der Waals surface area contributed by atoms with E-state index >= 15 is 0 Å². The van der Waals surface area contributed by atoms with Gasteiger partial charge in [-0.3, -0.25) is 9.36 Å². The zero-order valence-corrected chi connectivity index (χ0v) is 18.7. The summed E-state index contributed by atoms with van der Waals surface area (Å²) in [5.74, 6) is -1.24. The number of halogens is 3. The van der Waals surface area contributed by atoms with Crippen LogP contribution in [0.4, 0.5) is 18.9 Å². The Labute approximate surface area is 183 Å². The van der Waals surface area contributed by atoms with Crippen LogP contribution in [0.2, 0.25) is 0 Å². The Balaban J connectivity index is 2.13. The number of pyridine rings is 1. The molecule has 0 radical (unpaired) electrons. The highest BCUT2D eigenvalue weighted by molar-refractivity contribution is 7.54. The molecule has 1 atom stereocenters. The highest BCUT2D eigenvalue weighted by atomic mass is 31.2. The van der Waals surface area contributed by atoms with Crippen LogP contribution >= 0.6 is 7.60 Å². The first-order valence-corrected chi connectivity index (χ1v) is 11.6. The van der Waals surface area contributed by atoms with Gasteiger partial charge in [0, 0.05) is 11.2 Å². The van der Waals surface area contributed by atoms with E-state index in [1.54, 1.807) is 26.0 Å². The van der Waals surface area contributed by atoms with E-state index in [0.29, 0.717) is 10.9 Å². The smallest absolute Gasteiger partial charge is 0.368 e. The van der Waals surface area contributed by atoms with Crippen LogP contribution in [0.1, 0.15) is 36.3 Å². The van der Waals surface area contributed by atoms with E-state index in [0.717, 1.165) is 17.7 Å². The third kappa shape index (κ3) is 5.23. The summed E-state index contributed by atoms with van der Waals surface area (Å²) < 4.78 is 63.4. The second-order valence-electron chi connectivity index (χ2n) is 7.14. The number of fused-ring (bicyclic) bond motifs is 1. The molecule has 0 saturated heterocycles. The summed E-state index contributed by atoms with van der Waals surface area (Å²) in [4.78, 5) is 15.7. The fourth-order valence-electron chi connectivity index (χ4n) is 3.33. The van der Waals surface area contributed by atoms with Gasteiger partial charge in [-0.25, -0.2) is 0 Å². The lowest BCUT2D eigenvalue weighted by Crippen LogP contribution is -2.23. The molecule has 1 aromatic heterocycles. The van der Waals surface area contributed by atoms with Gasteiger partial charge in [-0.1, -0.05) is 11.6 Å². The summed E-state index contributed by atoms with van der Waals surface area (Å²) in [5.41, 5.74) is 0.544. The molecule has 0 saturated carbocycles. The van der Waals surface area contributed by atoms with Crippen LogP contribution < -0.4 is 10.9 Å². The van der Waals surface area contributed by atoms with Gasteiger partial charge in [-0.2, -0.15) is 13.2 Å². The first-order chi connectivity index (χ1) is 15.1. The van der Waals surface area contributed by atoms with Crippen molar-refractivity contribution in [2.24, 2.45) is 0 Å². The number of aromatic nitrogens is 1. The lowest BCUT2D eigenvalue weighted by molar-refractivity contribution is -0.137. The van der Waals surface area contributed by atoms with Crippen LogP contribution in [-0.2, 0) is 19.8 Å². The average molecular weight is 468 g/mol. The maximum Gasteiger partial charge on any atom is 0.416 e. The van der Waals surface area contributed by atoms with Crippen molar-refractivity contribution in [3.05, 3.63) is 75.6 Å². The van der Waals surface area contributed by atoms with Crippen LogP contribution in [0, 0.1) is 6.92 Å². The number of rotatable bonds is 8. The summed E-state index contributed by atoms with van der Waals surface area (Å²) in [6.07, 6.45) is -4.49. The number of aromatic amines is 1. The molecule has 0 aliphatic rings. The minimum atomic E-state index is -4.49. The maximum atomic E-state index is 13.7. The normalized spacial score (nSPS) is 13.3. The summed E-state index contributed by atoms with van der Waals surface area (Å²) in [5, 5.41) is 3.61. The second kappa shape index (κ2) is 9.48. The Morgan fingerprint density at radius 2 is 1.66 bits per heavy atom. The number of hydrogen-bond donors (Lipinski definition) is 2. The first-order valence-electron chi connectivity index (χ1n) is 10.0. The molecule has 0 amide bonds. The number of aryl methyl sites for hydroxylation is 1. The molecule has 0 aliphatic carbocycles. The first kappa shape index (κ1) is 24.0. The second-order valence-corrected chi connectivity index (χ2v) is 9.25. The number of H-pyrrole nitrogens is 1. The van der Waals surface area contributed by atoms with E-state index in [9.17, 15) is 22.5 Å². The molecule has 2 aromatic carbocycles. The summed E-state index contributed by atoms with van der Waals surface area (Å²) in [7, 11) is -3.93. The van der Waals surface area contributed by atoms with Gasteiger partial charge in [0.15, 0.2) is 5.78 Å². The molecule has 2 N–H and O–H groups in total. The summed E-state index contributed by atoms with van der Waals surface area (Å²) in [6.45, 7) is 5.26. The molecule has 6 nitrogen and oxygen atoms in total. The van der Waals surface area contributed by atoms with Crippen LogP contribution in [-0.4, -0.2) is 18.2 Å². The molecule has 10 heteroatoms. The molecule has 1 unspecified atom stereocenters. The lowest BCUT2D eigenvalue weighted by Gasteiger charge is -2.28. The van der Waals surface area contributed by atoms with Gasteiger partial charge >= 0.3 is 13.8 Å². The summed E-state index contributed by atoms with van der Waals surface area (Å²) >= 11 is 0. The number of hydrogen-bond acceptors (Lipinski definition) is 5. The largest absolute Gasteiger partial charge is 0.416 e. The number of anilines is 1. The van der Waals surface area contributed by atoms with Crippen LogP contribution in [0.15, 0.2) is 53.3 Å². The minimum Gasteiger partial charge on any atom is -0.368 e. The Kier molecular flexibility index (Phi) is 7.12. The van der Waals surface area contributed by atoms with E-state index < -0.39 is 30.7 Å². The van der Waals surface area contributed by atoms with E-state index in [4.69, 9.17) is 9.05 Å². The highest BCUT2D eigenvalue weighted by Gasteiger charge is 2.39. The average Bonchev–Trinajstić information content (AvgIpc) is 2.72. The van der Waals surface area contributed by atoms with Crippen molar-refractivity contribution in [2.75, 3.05) is 18.5 Å². The predicted molar refractivity (Wildman–Crippen MR) is 118 cm³/mol. The van der Waals surface area contributed by atoms with Crippen molar-refractivity contribution in [1.29, 1.82) is 0 Å². The topological polar surface area (TPSA) is 80.4 Å². The van der Waals surface area contributed by atoms with Gasteiger partial charge in [0.25, 0.3) is 5.56 Å². The van der Waals surface area contributed by atoms with Gasteiger partial charge in [-0.15, -0.1) is 0 Å². The third-order valence-electron chi connectivity index (χ3n) is 4.77. The van der Waals surface area contributed by atoms with Crippen molar-refractivity contribution >= 4 is 24.2 Å². The lowest BCUT2D eigenvalue weighted by atomic mass is 10.1. The fourth-order valence-corrected chi connectivity index (χ4v) is 5.26. The van der Waals surface area contributed by atoms with Crippen LogP contribution in [0.5, 0.6) is 0 Å². The maximum absolute atomic E-state index is 13.7. The van der Waals surface area contributed by atoms with Gasteiger partial charge < -0.3 is 19.3 Å². The Bertz CT molecular complexity index is 1180. The number of benzene rings is 2. The van der Waals surface area contributed by atoms with E-state index in [-0.39, 0.29) is 24.5 Å². The van der Waals surface area contributed by atoms with Gasteiger partial charge in [-0.05, 0) is 68.6 Å². The molecule has 0 bridgehead atoms. The molecular weight excluding hydrogens is 444 g/mol. The molecule has 0 fully saturated rings. The van der Waals surface area contributed by atoms with Gasteiger partial charge in [0.2, 0.25) is 0 Å². The number of nitrogens with one attached hydrogen (secondary N) is 2. The molecule has 3 rings (SSSR count). The molecule has 172 valence electrons. The van der Waals surface area contributed by atoms with Crippen molar-refractivity contribution in [1.82, 2.24) is 4.98 Å². The zero-order chi connectivity index (χ0) is 23.5. The van der Waals surface area contributed by atoms with Gasteiger partial charge in [0.05, 0.1) is 24.3 Å². The quantitative estimate of drug-likeness (QED) is 0.383. The Morgan fingerprint density at radius 1 is 1.03 bits per heavy atom. The molecule has 0 spiro atoms. The third-order valence-corrected chi connectivity index (χ3v) is 7.05.